The summed E-state index contributed by atoms with van der Waals surface area (Å²) >= 11 is 1.41. The molecule has 96 valence electrons. The number of nitrogen functional groups attached to an aromatic ring is 1. The second kappa shape index (κ2) is 4.56. The molecule has 6 nitrogen and oxygen atoms in total. The molecule has 0 atom stereocenters. The van der Waals surface area contributed by atoms with E-state index in [0.717, 1.165) is 16.4 Å². The monoisotopic (exact) mass is 264 g/mol. The molecule has 2 aromatic heterocycles. The van der Waals surface area contributed by atoms with Gasteiger partial charge in [-0.2, -0.15) is 5.10 Å². The third kappa shape index (κ3) is 2.61. The molecule has 0 saturated carbocycles. The van der Waals surface area contributed by atoms with Crippen molar-refractivity contribution in [1.82, 2.24) is 25.1 Å². The van der Waals surface area contributed by atoms with Crippen molar-refractivity contribution < 1.29 is 0 Å². The molecule has 0 fully saturated rings. The fraction of sp³-hybridized carbons (Fsp3) is 0.455. The van der Waals surface area contributed by atoms with Gasteiger partial charge in [-0.05, 0) is 18.7 Å². The molecule has 3 N–H and O–H groups in total. The number of nitrogens with two attached hydrogens (primary N) is 1. The molecule has 0 aromatic carbocycles. The molecular weight excluding hydrogens is 248 g/mol. The standard InChI is InChI=1S/C11H16N6S/c1-6-7(12)15-9(11(2,3)4)16-8(6)18-10-13-5-14-17-10/h5H,1-4H3,(H2,12,15,16)(H,13,14,17). The van der Waals surface area contributed by atoms with Crippen LogP contribution < -0.4 is 5.73 Å². The van der Waals surface area contributed by atoms with Gasteiger partial charge in [-0.25, -0.2) is 15.0 Å². The van der Waals surface area contributed by atoms with Gasteiger partial charge >= 0.3 is 0 Å². The molecule has 0 aliphatic carbocycles. The van der Waals surface area contributed by atoms with E-state index in [-0.39, 0.29) is 5.41 Å². The molecule has 0 spiro atoms. The largest absolute Gasteiger partial charge is 0.383 e. The van der Waals surface area contributed by atoms with Crippen LogP contribution in [-0.4, -0.2) is 25.1 Å². The molecule has 2 aromatic rings. The Kier molecular flexibility index (Phi) is 3.25. The summed E-state index contributed by atoms with van der Waals surface area (Å²) in [4.78, 5) is 13.0. The molecule has 0 saturated heterocycles. The van der Waals surface area contributed by atoms with Gasteiger partial charge < -0.3 is 5.73 Å². The summed E-state index contributed by atoms with van der Waals surface area (Å²) in [6.45, 7) is 8.07. The lowest BCUT2D eigenvalue weighted by atomic mass is 9.95. The zero-order valence-corrected chi connectivity index (χ0v) is 11.7. The number of H-pyrrole nitrogens is 1. The van der Waals surface area contributed by atoms with Crippen molar-refractivity contribution in [2.75, 3.05) is 5.73 Å². The van der Waals surface area contributed by atoms with Crippen molar-refractivity contribution in [3.05, 3.63) is 17.7 Å². The van der Waals surface area contributed by atoms with Gasteiger partial charge in [0.2, 0.25) is 0 Å². The first-order valence-electron chi connectivity index (χ1n) is 5.55. The molecule has 0 bridgehead atoms. The Balaban J connectivity index is 2.43. The SMILES string of the molecule is Cc1c(N)nc(C(C)(C)C)nc1Sc1ncn[nH]1. The topological polar surface area (TPSA) is 93.4 Å². The van der Waals surface area contributed by atoms with Crippen molar-refractivity contribution in [1.29, 1.82) is 0 Å². The average molecular weight is 264 g/mol. The number of hydrogen-bond donors (Lipinski definition) is 2. The highest BCUT2D eigenvalue weighted by Crippen LogP contribution is 2.30. The first kappa shape index (κ1) is 12.8. The highest BCUT2D eigenvalue weighted by molar-refractivity contribution is 7.99. The summed E-state index contributed by atoms with van der Waals surface area (Å²) in [7, 11) is 0. The Labute approximate surface area is 110 Å². The van der Waals surface area contributed by atoms with Gasteiger partial charge in [0.25, 0.3) is 0 Å². The van der Waals surface area contributed by atoms with Gasteiger partial charge in [0, 0.05) is 11.0 Å². The van der Waals surface area contributed by atoms with Crippen molar-refractivity contribution in [2.24, 2.45) is 0 Å². The van der Waals surface area contributed by atoms with Gasteiger partial charge in [-0.1, -0.05) is 20.8 Å². The predicted molar refractivity (Wildman–Crippen MR) is 70.4 cm³/mol. The van der Waals surface area contributed by atoms with E-state index < -0.39 is 0 Å². The molecule has 0 unspecified atom stereocenters. The van der Waals surface area contributed by atoms with Crippen LogP contribution in [0.4, 0.5) is 5.82 Å². The first-order valence-corrected chi connectivity index (χ1v) is 6.37. The summed E-state index contributed by atoms with van der Waals surface area (Å²) in [5, 5.41) is 8.10. The zero-order valence-electron chi connectivity index (χ0n) is 10.9. The normalized spacial score (nSPS) is 11.8. The Morgan fingerprint density at radius 3 is 2.56 bits per heavy atom. The van der Waals surface area contributed by atoms with E-state index in [4.69, 9.17) is 5.73 Å². The lowest BCUT2D eigenvalue weighted by molar-refractivity contribution is 0.538. The first-order chi connectivity index (χ1) is 8.38. The summed E-state index contributed by atoms with van der Waals surface area (Å²) in [5.41, 5.74) is 6.66. The van der Waals surface area contributed by atoms with Crippen molar-refractivity contribution in [3.8, 4) is 0 Å². The summed E-state index contributed by atoms with van der Waals surface area (Å²) in [6.07, 6.45) is 1.47. The molecule has 2 heterocycles. The lowest BCUT2D eigenvalue weighted by Crippen LogP contribution is -2.18. The molecule has 2 rings (SSSR count). The summed E-state index contributed by atoms with van der Waals surface area (Å²) < 4.78 is 0. The van der Waals surface area contributed by atoms with Crippen LogP contribution in [0.15, 0.2) is 16.5 Å². The number of nitrogens with one attached hydrogen (secondary N) is 1. The predicted octanol–water partition coefficient (Wildman–Crippen LogP) is 1.93. The lowest BCUT2D eigenvalue weighted by Gasteiger charge is -2.18. The molecule has 0 aliphatic rings. The Hall–Kier alpha value is -1.63. The minimum atomic E-state index is -0.140. The number of anilines is 1. The van der Waals surface area contributed by atoms with E-state index in [1.165, 1.54) is 18.1 Å². The van der Waals surface area contributed by atoms with Gasteiger partial charge in [0.15, 0.2) is 5.16 Å². The van der Waals surface area contributed by atoms with Crippen LogP contribution in [0, 0.1) is 6.92 Å². The fourth-order valence-corrected chi connectivity index (χ4v) is 2.05. The smallest absolute Gasteiger partial charge is 0.189 e. The van der Waals surface area contributed by atoms with E-state index in [0.29, 0.717) is 11.0 Å². The Morgan fingerprint density at radius 1 is 1.28 bits per heavy atom. The summed E-state index contributed by atoms with van der Waals surface area (Å²) in [5.74, 6) is 1.24. The van der Waals surface area contributed by atoms with E-state index >= 15 is 0 Å². The van der Waals surface area contributed by atoms with Crippen LogP contribution in [-0.2, 0) is 5.41 Å². The third-order valence-electron chi connectivity index (χ3n) is 2.40. The van der Waals surface area contributed by atoms with Crippen LogP contribution in [0.2, 0.25) is 0 Å². The summed E-state index contributed by atoms with van der Waals surface area (Å²) in [6, 6.07) is 0. The van der Waals surface area contributed by atoms with Crippen LogP contribution in [0.3, 0.4) is 0 Å². The highest BCUT2D eigenvalue weighted by Gasteiger charge is 2.21. The van der Waals surface area contributed by atoms with Crippen LogP contribution in [0.1, 0.15) is 32.2 Å². The number of rotatable bonds is 2. The van der Waals surface area contributed by atoms with Crippen molar-refractivity contribution in [3.63, 3.8) is 0 Å². The quantitative estimate of drug-likeness (QED) is 0.805. The molecule has 0 aliphatic heterocycles. The number of aromatic nitrogens is 5. The second-order valence-electron chi connectivity index (χ2n) is 5.01. The Morgan fingerprint density at radius 2 is 2.00 bits per heavy atom. The molecular formula is C11H16N6S. The maximum atomic E-state index is 5.94. The maximum absolute atomic E-state index is 5.94. The highest BCUT2D eigenvalue weighted by atomic mass is 32.2. The van der Waals surface area contributed by atoms with Gasteiger partial charge in [0.05, 0.1) is 0 Å². The molecule has 7 heteroatoms. The van der Waals surface area contributed by atoms with Gasteiger partial charge in [-0.3, -0.25) is 5.10 Å². The maximum Gasteiger partial charge on any atom is 0.189 e. The molecule has 18 heavy (non-hydrogen) atoms. The number of hydrogen-bond acceptors (Lipinski definition) is 6. The zero-order chi connectivity index (χ0) is 13.3. The molecule has 0 amide bonds. The Bertz CT molecular complexity index is 543. The molecule has 0 radical (unpaired) electrons. The van der Waals surface area contributed by atoms with E-state index in [2.05, 4.69) is 45.9 Å². The van der Waals surface area contributed by atoms with E-state index in [1.54, 1.807) is 0 Å². The van der Waals surface area contributed by atoms with Crippen molar-refractivity contribution >= 4 is 17.6 Å². The van der Waals surface area contributed by atoms with E-state index in [1.807, 2.05) is 6.92 Å². The minimum Gasteiger partial charge on any atom is -0.383 e. The second-order valence-corrected chi connectivity index (χ2v) is 5.98. The fourth-order valence-electron chi connectivity index (χ4n) is 1.28. The van der Waals surface area contributed by atoms with Gasteiger partial charge in [-0.15, -0.1) is 0 Å². The number of nitrogens with zero attached hydrogens (tertiary/aromatic N) is 4. The number of aromatic amines is 1. The van der Waals surface area contributed by atoms with Crippen LogP contribution in [0.5, 0.6) is 0 Å². The minimum absolute atomic E-state index is 0.140. The van der Waals surface area contributed by atoms with Crippen LogP contribution in [0.25, 0.3) is 0 Å². The van der Waals surface area contributed by atoms with Crippen LogP contribution >= 0.6 is 11.8 Å². The average Bonchev–Trinajstić information content (AvgIpc) is 2.75. The van der Waals surface area contributed by atoms with Gasteiger partial charge in [0.1, 0.15) is 23.0 Å². The van der Waals surface area contributed by atoms with E-state index in [9.17, 15) is 0 Å². The van der Waals surface area contributed by atoms with Crippen molar-refractivity contribution in [2.45, 2.75) is 43.3 Å². The third-order valence-corrected chi connectivity index (χ3v) is 3.38.